The number of ether oxygens (including phenoxy) is 4. The Bertz CT molecular complexity index is 254. The van der Waals surface area contributed by atoms with Gasteiger partial charge in [-0.2, -0.15) is 0 Å². The second kappa shape index (κ2) is 10.5. The fraction of sp³-hybridized carbons (Fsp3) is 1.00. The summed E-state index contributed by atoms with van der Waals surface area (Å²) in [5, 5.41) is 6.70. The van der Waals surface area contributed by atoms with Gasteiger partial charge in [0.2, 0.25) is 12.6 Å². The van der Waals surface area contributed by atoms with Crippen molar-refractivity contribution < 1.29 is 18.9 Å². The minimum absolute atomic E-state index is 0.206. The van der Waals surface area contributed by atoms with Gasteiger partial charge in [-0.1, -0.05) is 0 Å². The van der Waals surface area contributed by atoms with Crippen molar-refractivity contribution in [1.29, 1.82) is 0 Å². The van der Waals surface area contributed by atoms with Crippen LogP contribution in [-0.2, 0) is 18.9 Å². The van der Waals surface area contributed by atoms with Crippen LogP contribution in [0.25, 0.3) is 0 Å². The largest absolute Gasteiger partial charge is 0.346 e. The molecule has 0 atom stereocenters. The van der Waals surface area contributed by atoms with Crippen LogP contribution in [0.15, 0.2) is 0 Å². The summed E-state index contributed by atoms with van der Waals surface area (Å²) in [7, 11) is 0. The number of rotatable bonds is 9. The molecule has 22 heavy (non-hydrogen) atoms. The maximum Gasteiger partial charge on any atom is 0.209 e. The molecule has 2 rings (SSSR count). The van der Waals surface area contributed by atoms with Crippen molar-refractivity contribution in [3.8, 4) is 0 Å². The van der Waals surface area contributed by atoms with Crippen molar-refractivity contribution in [1.82, 2.24) is 10.6 Å². The second-order valence-electron chi connectivity index (χ2n) is 5.66. The van der Waals surface area contributed by atoms with Crippen LogP contribution in [0.1, 0.15) is 12.8 Å². The maximum absolute atomic E-state index is 5.69. The van der Waals surface area contributed by atoms with E-state index in [2.05, 4.69) is 10.6 Å². The number of hydrogen-bond donors (Lipinski definition) is 4. The van der Waals surface area contributed by atoms with E-state index >= 15 is 0 Å². The predicted molar refractivity (Wildman–Crippen MR) is 82.3 cm³/mol. The average molecular weight is 318 g/mol. The van der Waals surface area contributed by atoms with Gasteiger partial charge in [-0.15, -0.1) is 0 Å². The molecule has 0 saturated carbocycles. The summed E-state index contributed by atoms with van der Waals surface area (Å²) in [5.74, 6) is 0. The van der Waals surface area contributed by atoms with Crippen LogP contribution in [0.2, 0.25) is 0 Å². The molecule has 2 heterocycles. The zero-order valence-electron chi connectivity index (χ0n) is 13.2. The molecule has 6 N–H and O–H groups in total. The lowest BCUT2D eigenvalue weighted by atomic mass is 10.2. The van der Waals surface area contributed by atoms with Crippen molar-refractivity contribution in [2.24, 2.45) is 11.5 Å². The highest BCUT2D eigenvalue weighted by atomic mass is 16.8. The molecular weight excluding hydrogens is 288 g/mol. The molecule has 2 aliphatic rings. The smallest absolute Gasteiger partial charge is 0.209 e. The minimum atomic E-state index is -0.447. The third-order valence-electron chi connectivity index (χ3n) is 3.70. The topological polar surface area (TPSA) is 113 Å². The molecular formula is C14H30N4O4. The van der Waals surface area contributed by atoms with E-state index in [1.807, 2.05) is 0 Å². The summed E-state index contributed by atoms with van der Waals surface area (Å²) in [6.45, 7) is 5.51. The Labute approximate surface area is 132 Å². The molecule has 2 fully saturated rings. The summed E-state index contributed by atoms with van der Waals surface area (Å²) in [4.78, 5) is 0. The Morgan fingerprint density at radius 2 is 1.05 bits per heavy atom. The number of hydrogen-bond acceptors (Lipinski definition) is 8. The van der Waals surface area contributed by atoms with Crippen LogP contribution in [0, 0.1) is 0 Å². The Kier molecular flexibility index (Phi) is 8.56. The van der Waals surface area contributed by atoms with Crippen LogP contribution < -0.4 is 22.1 Å². The first-order valence-corrected chi connectivity index (χ1v) is 8.16. The van der Waals surface area contributed by atoms with E-state index in [0.717, 1.165) is 25.9 Å². The van der Waals surface area contributed by atoms with E-state index < -0.39 is 12.6 Å². The molecule has 8 heteroatoms. The SMILES string of the molecule is NCCCNC1COC(C2OCC(NCCCN)CO2)OC1. The fourth-order valence-electron chi connectivity index (χ4n) is 2.40. The quantitative estimate of drug-likeness (QED) is 0.374. The first-order valence-electron chi connectivity index (χ1n) is 8.16. The van der Waals surface area contributed by atoms with Crippen molar-refractivity contribution in [2.75, 3.05) is 52.6 Å². The van der Waals surface area contributed by atoms with Crippen LogP contribution in [0.4, 0.5) is 0 Å². The molecule has 2 saturated heterocycles. The normalized spacial score (nSPS) is 33.0. The van der Waals surface area contributed by atoms with Crippen molar-refractivity contribution >= 4 is 0 Å². The summed E-state index contributed by atoms with van der Waals surface area (Å²) < 4.78 is 22.8. The lowest BCUT2D eigenvalue weighted by Gasteiger charge is -2.37. The molecule has 0 unspecified atom stereocenters. The van der Waals surface area contributed by atoms with Gasteiger partial charge in [0.15, 0.2) is 0 Å². The Morgan fingerprint density at radius 1 is 0.682 bits per heavy atom. The average Bonchev–Trinajstić information content (AvgIpc) is 2.57. The molecule has 8 nitrogen and oxygen atoms in total. The van der Waals surface area contributed by atoms with Gasteiger partial charge in [0.25, 0.3) is 0 Å². The molecule has 0 radical (unpaired) electrons. The summed E-state index contributed by atoms with van der Waals surface area (Å²) in [5.41, 5.74) is 10.9. The highest BCUT2D eigenvalue weighted by molar-refractivity contribution is 4.75. The van der Waals surface area contributed by atoms with Crippen molar-refractivity contribution in [3.05, 3.63) is 0 Å². The molecule has 0 bridgehead atoms. The van der Waals surface area contributed by atoms with Gasteiger partial charge >= 0.3 is 0 Å². The van der Waals surface area contributed by atoms with E-state index in [4.69, 9.17) is 30.4 Å². The van der Waals surface area contributed by atoms with Gasteiger partial charge < -0.3 is 41.0 Å². The predicted octanol–water partition coefficient (Wildman–Crippen LogP) is -1.65. The lowest BCUT2D eigenvalue weighted by Crippen LogP contribution is -2.53. The third kappa shape index (κ3) is 6.05. The van der Waals surface area contributed by atoms with Crippen LogP contribution >= 0.6 is 0 Å². The van der Waals surface area contributed by atoms with Crippen LogP contribution in [0.3, 0.4) is 0 Å². The minimum Gasteiger partial charge on any atom is -0.346 e. The van der Waals surface area contributed by atoms with E-state index in [1.54, 1.807) is 0 Å². The zero-order chi connectivity index (χ0) is 15.6. The summed E-state index contributed by atoms with van der Waals surface area (Å²) >= 11 is 0. The molecule has 130 valence electrons. The number of nitrogens with two attached hydrogens (primary N) is 2. The van der Waals surface area contributed by atoms with Gasteiger partial charge in [-0.3, -0.25) is 0 Å². The Hall–Kier alpha value is -0.320. The van der Waals surface area contributed by atoms with Crippen molar-refractivity contribution in [3.63, 3.8) is 0 Å². The molecule has 0 aromatic rings. The summed E-state index contributed by atoms with van der Waals surface area (Å²) in [6.07, 6.45) is 1.01. The van der Waals surface area contributed by atoms with Gasteiger partial charge in [-0.25, -0.2) is 0 Å². The summed E-state index contributed by atoms with van der Waals surface area (Å²) in [6, 6.07) is 0.411. The molecule has 0 amide bonds. The van der Waals surface area contributed by atoms with Gasteiger partial charge in [0.05, 0.1) is 38.5 Å². The number of nitrogens with one attached hydrogen (secondary N) is 2. The fourth-order valence-corrected chi connectivity index (χ4v) is 2.40. The molecule has 0 spiro atoms. The van der Waals surface area contributed by atoms with E-state index in [9.17, 15) is 0 Å². The Morgan fingerprint density at radius 3 is 1.36 bits per heavy atom. The van der Waals surface area contributed by atoms with Gasteiger partial charge in [-0.05, 0) is 39.0 Å². The Balaban J connectivity index is 1.58. The van der Waals surface area contributed by atoms with Crippen LogP contribution in [0.5, 0.6) is 0 Å². The zero-order valence-corrected chi connectivity index (χ0v) is 13.2. The maximum atomic E-state index is 5.69. The highest BCUT2D eigenvalue weighted by Gasteiger charge is 2.34. The molecule has 2 aliphatic heterocycles. The second-order valence-corrected chi connectivity index (χ2v) is 5.66. The lowest BCUT2D eigenvalue weighted by molar-refractivity contribution is -0.322. The monoisotopic (exact) mass is 318 g/mol. The van der Waals surface area contributed by atoms with E-state index in [1.165, 1.54) is 0 Å². The highest BCUT2D eigenvalue weighted by Crippen LogP contribution is 2.17. The molecule has 0 aromatic carbocycles. The first kappa shape index (κ1) is 18.0. The molecule has 0 aliphatic carbocycles. The van der Waals surface area contributed by atoms with E-state index in [0.29, 0.717) is 39.5 Å². The molecule has 0 aromatic heterocycles. The van der Waals surface area contributed by atoms with Gasteiger partial charge in [0.1, 0.15) is 0 Å². The van der Waals surface area contributed by atoms with Crippen molar-refractivity contribution in [2.45, 2.75) is 37.5 Å². The van der Waals surface area contributed by atoms with Gasteiger partial charge in [0, 0.05) is 0 Å². The third-order valence-corrected chi connectivity index (χ3v) is 3.70. The first-order chi connectivity index (χ1) is 10.8. The standard InChI is InChI=1S/C14H30N4O4/c15-3-1-5-17-11-7-19-13(20-8-11)14-21-9-12(10-22-14)18-6-2-4-16/h11-14,17-18H,1-10,15-16H2. The van der Waals surface area contributed by atoms with E-state index in [-0.39, 0.29) is 12.1 Å². The van der Waals surface area contributed by atoms with Crippen LogP contribution in [-0.4, -0.2) is 77.3 Å².